The number of carbonyl (C=O) groups is 1. The molecule has 0 aliphatic carbocycles. The maximum Gasteiger partial charge on any atom is 0.223 e. The van der Waals surface area contributed by atoms with Gasteiger partial charge in [0.25, 0.3) is 0 Å². The first-order valence-corrected chi connectivity index (χ1v) is 10.9. The third-order valence-electron chi connectivity index (χ3n) is 6.46. The largest absolute Gasteiger partial charge is 0.376 e. The van der Waals surface area contributed by atoms with Crippen molar-refractivity contribution in [1.29, 1.82) is 0 Å². The van der Waals surface area contributed by atoms with Crippen LogP contribution in [0, 0.1) is 13.8 Å². The van der Waals surface area contributed by atoms with Gasteiger partial charge in [-0.25, -0.2) is 4.98 Å². The summed E-state index contributed by atoms with van der Waals surface area (Å²) in [6.07, 6.45) is 7.68. The molecule has 2 atom stereocenters. The van der Waals surface area contributed by atoms with Crippen molar-refractivity contribution in [2.45, 2.75) is 77.0 Å². The third kappa shape index (κ3) is 3.69. The summed E-state index contributed by atoms with van der Waals surface area (Å²) in [5, 5.41) is 1.16. The lowest BCUT2D eigenvalue weighted by Gasteiger charge is -2.39. The molecule has 0 aromatic carbocycles. The molecule has 26 heavy (non-hydrogen) atoms. The number of likely N-dealkylation sites (tertiary alicyclic amines) is 2. The molecule has 0 bridgehead atoms. The monoisotopic (exact) mass is 377 g/mol. The Labute approximate surface area is 160 Å². The van der Waals surface area contributed by atoms with Gasteiger partial charge in [0, 0.05) is 43.1 Å². The van der Waals surface area contributed by atoms with Crippen LogP contribution in [0.25, 0.3) is 0 Å². The van der Waals surface area contributed by atoms with Crippen LogP contribution in [0.1, 0.15) is 60.5 Å². The van der Waals surface area contributed by atoms with Gasteiger partial charge < -0.3 is 9.64 Å². The number of hydrogen-bond donors (Lipinski definition) is 0. The van der Waals surface area contributed by atoms with Crippen LogP contribution in [0.5, 0.6) is 0 Å². The summed E-state index contributed by atoms with van der Waals surface area (Å²) in [5.74, 6) is 0.350. The van der Waals surface area contributed by atoms with Crippen LogP contribution >= 0.6 is 11.3 Å². The van der Waals surface area contributed by atoms with E-state index in [1.807, 2.05) is 11.3 Å². The summed E-state index contributed by atoms with van der Waals surface area (Å²) in [7, 11) is 0. The van der Waals surface area contributed by atoms with Crippen molar-refractivity contribution in [3.05, 3.63) is 15.6 Å². The average molecular weight is 378 g/mol. The van der Waals surface area contributed by atoms with E-state index in [0.29, 0.717) is 5.91 Å². The van der Waals surface area contributed by atoms with Gasteiger partial charge in [-0.2, -0.15) is 0 Å². The molecule has 0 radical (unpaired) electrons. The van der Waals surface area contributed by atoms with Crippen molar-refractivity contribution in [1.82, 2.24) is 14.8 Å². The number of aryl methyl sites for hydroxylation is 2. The van der Waals surface area contributed by atoms with Gasteiger partial charge in [-0.3, -0.25) is 9.69 Å². The number of hydrogen-bond acceptors (Lipinski definition) is 5. The van der Waals surface area contributed by atoms with Gasteiger partial charge in [-0.1, -0.05) is 0 Å². The normalized spacial score (nSPS) is 30.5. The molecule has 0 unspecified atom stereocenters. The molecule has 3 aliphatic heterocycles. The molecule has 6 heteroatoms. The molecule has 0 N–H and O–H groups in total. The molecule has 144 valence electrons. The molecule has 1 amide bonds. The third-order valence-corrected chi connectivity index (χ3v) is 7.52. The zero-order valence-electron chi connectivity index (χ0n) is 16.1. The second-order valence-electron chi connectivity index (χ2n) is 8.23. The molecule has 0 saturated carbocycles. The summed E-state index contributed by atoms with van der Waals surface area (Å²) in [6, 6.07) is 0. The fraction of sp³-hybridized carbons (Fsp3) is 0.800. The quantitative estimate of drug-likeness (QED) is 0.808. The number of thiazole rings is 1. The van der Waals surface area contributed by atoms with Gasteiger partial charge in [-0.15, -0.1) is 11.3 Å². The first-order chi connectivity index (χ1) is 12.6. The molecule has 3 aliphatic rings. The second-order valence-corrected chi connectivity index (χ2v) is 9.52. The fourth-order valence-electron chi connectivity index (χ4n) is 5.00. The van der Waals surface area contributed by atoms with Crippen LogP contribution in [0.4, 0.5) is 0 Å². The maximum atomic E-state index is 12.6. The molecule has 1 spiro atoms. The molecule has 5 nitrogen and oxygen atoms in total. The molecule has 4 rings (SSSR count). The van der Waals surface area contributed by atoms with E-state index < -0.39 is 0 Å². The summed E-state index contributed by atoms with van der Waals surface area (Å²) in [6.45, 7) is 9.09. The average Bonchev–Trinajstić information content (AvgIpc) is 3.26. The van der Waals surface area contributed by atoms with E-state index >= 15 is 0 Å². The Morgan fingerprint density at radius 2 is 2.12 bits per heavy atom. The number of amides is 1. The lowest BCUT2D eigenvalue weighted by Crippen LogP contribution is -2.49. The molecule has 4 heterocycles. The van der Waals surface area contributed by atoms with Crippen molar-refractivity contribution < 1.29 is 9.53 Å². The smallest absolute Gasteiger partial charge is 0.223 e. The molecule has 1 aromatic rings. The Kier molecular flexibility index (Phi) is 5.35. The van der Waals surface area contributed by atoms with Crippen LogP contribution < -0.4 is 0 Å². The highest BCUT2D eigenvalue weighted by molar-refractivity contribution is 7.11. The summed E-state index contributed by atoms with van der Waals surface area (Å²) in [4.78, 5) is 23.4. The Morgan fingerprint density at radius 3 is 2.85 bits per heavy atom. The maximum absolute atomic E-state index is 12.6. The number of rotatable bonds is 4. The minimum Gasteiger partial charge on any atom is -0.376 e. The second kappa shape index (κ2) is 7.56. The van der Waals surface area contributed by atoms with Crippen molar-refractivity contribution in [3.8, 4) is 0 Å². The first kappa shape index (κ1) is 18.4. The molecule has 1 aromatic heterocycles. The Balaban J connectivity index is 1.42. The van der Waals surface area contributed by atoms with Gasteiger partial charge in [0.2, 0.25) is 5.91 Å². The predicted octanol–water partition coefficient (Wildman–Crippen LogP) is 3.29. The molecule has 3 fully saturated rings. The minimum atomic E-state index is 0.0798. The number of aromatic nitrogens is 1. The lowest BCUT2D eigenvalue weighted by atomic mass is 9.87. The van der Waals surface area contributed by atoms with Crippen LogP contribution in [0.3, 0.4) is 0 Å². The standard InChI is InChI=1S/C20H31N3O2S/c1-15-18(26-16(2)21-15)14-22-10-4-7-20(9-11-22)8-6-19(24)23(20)13-17-5-3-12-25-17/h17H,3-14H2,1-2H3/t17-,20-/m1/s1. The van der Waals surface area contributed by atoms with Gasteiger partial charge in [-0.05, 0) is 58.9 Å². The molecule has 3 saturated heterocycles. The minimum absolute atomic E-state index is 0.0798. The van der Waals surface area contributed by atoms with Gasteiger partial charge in [0.05, 0.1) is 16.8 Å². The van der Waals surface area contributed by atoms with E-state index in [1.165, 1.54) is 17.0 Å². The SMILES string of the molecule is Cc1nc(C)c(CN2CCC[C@@]3(CCC(=O)N3C[C@H]3CCCO3)CC2)s1. The zero-order chi connectivity index (χ0) is 18.1. The summed E-state index contributed by atoms with van der Waals surface area (Å²) >= 11 is 1.83. The Bertz CT molecular complexity index is 655. The predicted molar refractivity (Wildman–Crippen MR) is 103 cm³/mol. The molecular formula is C20H31N3O2S. The Hall–Kier alpha value is -0.980. The summed E-state index contributed by atoms with van der Waals surface area (Å²) in [5.41, 5.74) is 1.26. The zero-order valence-corrected chi connectivity index (χ0v) is 16.9. The van der Waals surface area contributed by atoms with Crippen molar-refractivity contribution in [2.24, 2.45) is 0 Å². The van der Waals surface area contributed by atoms with E-state index in [-0.39, 0.29) is 11.6 Å². The molecular weight excluding hydrogens is 346 g/mol. The van der Waals surface area contributed by atoms with Gasteiger partial charge in [0.1, 0.15) is 0 Å². The first-order valence-electron chi connectivity index (χ1n) is 10.1. The topological polar surface area (TPSA) is 45.7 Å². The number of ether oxygens (including phenoxy) is 1. The van der Waals surface area contributed by atoms with Crippen LogP contribution in [0.2, 0.25) is 0 Å². The highest BCUT2D eigenvalue weighted by Gasteiger charge is 2.46. The van der Waals surface area contributed by atoms with Crippen molar-refractivity contribution >= 4 is 17.2 Å². The van der Waals surface area contributed by atoms with Crippen molar-refractivity contribution in [2.75, 3.05) is 26.2 Å². The van der Waals surface area contributed by atoms with E-state index in [9.17, 15) is 4.79 Å². The highest BCUT2D eigenvalue weighted by atomic mass is 32.1. The fourth-order valence-corrected chi connectivity index (χ4v) is 5.98. The van der Waals surface area contributed by atoms with Gasteiger partial charge >= 0.3 is 0 Å². The Morgan fingerprint density at radius 1 is 1.23 bits per heavy atom. The highest BCUT2D eigenvalue weighted by Crippen LogP contribution is 2.40. The van der Waals surface area contributed by atoms with Crippen LogP contribution in [-0.2, 0) is 16.1 Å². The van der Waals surface area contributed by atoms with E-state index in [1.54, 1.807) is 0 Å². The van der Waals surface area contributed by atoms with E-state index in [4.69, 9.17) is 4.74 Å². The lowest BCUT2D eigenvalue weighted by molar-refractivity contribution is -0.133. The van der Waals surface area contributed by atoms with E-state index in [0.717, 1.165) is 76.3 Å². The number of carbonyl (C=O) groups excluding carboxylic acids is 1. The van der Waals surface area contributed by atoms with Crippen LogP contribution in [-0.4, -0.2) is 58.6 Å². The van der Waals surface area contributed by atoms with Crippen LogP contribution in [0.15, 0.2) is 0 Å². The van der Waals surface area contributed by atoms with Gasteiger partial charge in [0.15, 0.2) is 0 Å². The number of nitrogens with zero attached hydrogens (tertiary/aromatic N) is 3. The van der Waals surface area contributed by atoms with E-state index in [2.05, 4.69) is 28.6 Å². The summed E-state index contributed by atoms with van der Waals surface area (Å²) < 4.78 is 5.83. The van der Waals surface area contributed by atoms with Crippen molar-refractivity contribution in [3.63, 3.8) is 0 Å².